The van der Waals surface area contributed by atoms with Crippen molar-refractivity contribution in [2.75, 3.05) is 5.32 Å². The smallest absolute Gasteiger partial charge is 0.254 e. The van der Waals surface area contributed by atoms with E-state index < -0.39 is 11.7 Å². The molecule has 0 fully saturated rings. The highest BCUT2D eigenvalue weighted by atomic mass is 19.1. The number of carbonyl (C=O) groups excluding carboxylic acids is 1. The predicted octanol–water partition coefficient (Wildman–Crippen LogP) is 3.00. The minimum absolute atomic E-state index is 0.0739. The van der Waals surface area contributed by atoms with Crippen molar-refractivity contribution in [1.29, 1.82) is 0 Å². The highest BCUT2D eigenvalue weighted by Crippen LogP contribution is 2.15. The summed E-state index contributed by atoms with van der Waals surface area (Å²) in [6, 6.07) is 14.9. The van der Waals surface area contributed by atoms with E-state index >= 15 is 0 Å². The SMILES string of the molecule is Cc1ccc(-c2cc(=O)n(CC(=O)Nc3ccccc3F)cn2)cc1. The van der Waals surface area contributed by atoms with Crippen LogP contribution in [0.3, 0.4) is 0 Å². The lowest BCUT2D eigenvalue weighted by molar-refractivity contribution is -0.116. The second-order valence-electron chi connectivity index (χ2n) is 5.63. The van der Waals surface area contributed by atoms with E-state index in [0.717, 1.165) is 11.1 Å². The van der Waals surface area contributed by atoms with Gasteiger partial charge in [0, 0.05) is 11.6 Å². The third-order valence-corrected chi connectivity index (χ3v) is 3.69. The summed E-state index contributed by atoms with van der Waals surface area (Å²) in [7, 11) is 0. The van der Waals surface area contributed by atoms with E-state index in [4.69, 9.17) is 0 Å². The number of nitrogens with one attached hydrogen (secondary N) is 1. The molecule has 0 bridgehead atoms. The van der Waals surface area contributed by atoms with Crippen LogP contribution in [0.2, 0.25) is 0 Å². The van der Waals surface area contributed by atoms with Gasteiger partial charge in [-0.3, -0.25) is 14.2 Å². The first kappa shape index (κ1) is 16.6. The summed E-state index contributed by atoms with van der Waals surface area (Å²) in [4.78, 5) is 28.4. The zero-order chi connectivity index (χ0) is 17.8. The van der Waals surface area contributed by atoms with Crippen molar-refractivity contribution in [1.82, 2.24) is 9.55 Å². The Bertz CT molecular complexity index is 965. The van der Waals surface area contributed by atoms with Gasteiger partial charge in [-0.2, -0.15) is 0 Å². The molecule has 5 nitrogen and oxygen atoms in total. The molecule has 1 aromatic heterocycles. The first-order valence-corrected chi connectivity index (χ1v) is 7.71. The Hall–Kier alpha value is -3.28. The maximum atomic E-state index is 13.5. The van der Waals surface area contributed by atoms with Gasteiger partial charge in [-0.15, -0.1) is 0 Å². The second-order valence-corrected chi connectivity index (χ2v) is 5.63. The van der Waals surface area contributed by atoms with Crippen molar-refractivity contribution in [3.8, 4) is 11.3 Å². The third-order valence-electron chi connectivity index (χ3n) is 3.69. The maximum Gasteiger partial charge on any atom is 0.254 e. The number of hydrogen-bond acceptors (Lipinski definition) is 3. The summed E-state index contributed by atoms with van der Waals surface area (Å²) in [5.74, 6) is -1.03. The number of aromatic nitrogens is 2. The summed E-state index contributed by atoms with van der Waals surface area (Å²) in [5, 5.41) is 2.44. The van der Waals surface area contributed by atoms with E-state index in [1.807, 2.05) is 31.2 Å². The molecule has 3 aromatic rings. The molecule has 25 heavy (non-hydrogen) atoms. The average molecular weight is 337 g/mol. The van der Waals surface area contributed by atoms with Crippen LogP contribution in [0.25, 0.3) is 11.3 Å². The van der Waals surface area contributed by atoms with E-state index in [1.165, 1.54) is 35.2 Å². The lowest BCUT2D eigenvalue weighted by Crippen LogP contribution is -2.27. The standard InChI is InChI=1S/C19H16FN3O2/c1-13-6-8-14(9-7-13)17-10-19(25)23(12-21-17)11-18(24)22-16-5-3-2-4-15(16)20/h2-10,12H,11H2,1H3,(H,22,24). The molecule has 0 saturated heterocycles. The third kappa shape index (κ3) is 3.98. The van der Waals surface area contributed by atoms with Crippen LogP contribution in [-0.4, -0.2) is 15.5 Å². The largest absolute Gasteiger partial charge is 0.322 e. The molecule has 2 aromatic carbocycles. The normalized spacial score (nSPS) is 10.5. The number of halogens is 1. The fourth-order valence-corrected chi connectivity index (χ4v) is 2.33. The quantitative estimate of drug-likeness (QED) is 0.796. The number of carbonyl (C=O) groups is 1. The van der Waals surface area contributed by atoms with Crippen LogP contribution in [0.5, 0.6) is 0 Å². The van der Waals surface area contributed by atoms with Gasteiger partial charge >= 0.3 is 0 Å². The molecule has 6 heteroatoms. The Morgan fingerprint density at radius 3 is 2.56 bits per heavy atom. The summed E-state index contributed by atoms with van der Waals surface area (Å²) in [6.45, 7) is 1.73. The van der Waals surface area contributed by atoms with Crippen LogP contribution in [0.4, 0.5) is 10.1 Å². The molecular weight excluding hydrogens is 321 g/mol. The number of rotatable bonds is 4. The van der Waals surface area contributed by atoms with Crippen LogP contribution in [-0.2, 0) is 11.3 Å². The summed E-state index contributed by atoms with van der Waals surface area (Å²) >= 11 is 0. The summed E-state index contributed by atoms with van der Waals surface area (Å²) in [6.07, 6.45) is 1.32. The van der Waals surface area contributed by atoms with Gasteiger partial charge in [-0.1, -0.05) is 42.0 Å². The van der Waals surface area contributed by atoms with Crippen molar-refractivity contribution in [3.05, 3.63) is 82.7 Å². The van der Waals surface area contributed by atoms with Crippen LogP contribution in [0.15, 0.2) is 65.7 Å². The Balaban J connectivity index is 1.75. The van der Waals surface area contributed by atoms with Gasteiger partial charge in [0.05, 0.1) is 17.7 Å². The van der Waals surface area contributed by atoms with Gasteiger partial charge in [0.1, 0.15) is 12.4 Å². The van der Waals surface area contributed by atoms with Gasteiger partial charge in [-0.05, 0) is 19.1 Å². The van der Waals surface area contributed by atoms with Crippen molar-refractivity contribution in [3.63, 3.8) is 0 Å². The molecule has 0 unspecified atom stereocenters. The number of amides is 1. The highest BCUT2D eigenvalue weighted by molar-refractivity contribution is 5.90. The van der Waals surface area contributed by atoms with Gasteiger partial charge < -0.3 is 5.32 Å². The minimum atomic E-state index is -0.531. The maximum absolute atomic E-state index is 13.5. The minimum Gasteiger partial charge on any atom is -0.322 e. The fraction of sp³-hybridized carbons (Fsp3) is 0.105. The zero-order valence-electron chi connectivity index (χ0n) is 13.6. The van der Waals surface area contributed by atoms with E-state index in [-0.39, 0.29) is 17.8 Å². The molecule has 1 N–H and O–H groups in total. The lowest BCUT2D eigenvalue weighted by Gasteiger charge is -2.08. The Morgan fingerprint density at radius 1 is 1.16 bits per heavy atom. The first-order chi connectivity index (χ1) is 12.0. The second kappa shape index (κ2) is 7.09. The monoisotopic (exact) mass is 337 g/mol. The lowest BCUT2D eigenvalue weighted by atomic mass is 10.1. The molecule has 0 aliphatic heterocycles. The van der Waals surface area contributed by atoms with Crippen LogP contribution >= 0.6 is 0 Å². The Morgan fingerprint density at radius 2 is 1.88 bits per heavy atom. The van der Waals surface area contributed by atoms with Crippen molar-refractivity contribution >= 4 is 11.6 Å². The molecule has 0 aliphatic rings. The molecule has 1 amide bonds. The van der Waals surface area contributed by atoms with E-state index in [2.05, 4.69) is 10.3 Å². The molecular formula is C19H16FN3O2. The van der Waals surface area contributed by atoms with Gasteiger partial charge in [0.25, 0.3) is 5.56 Å². The van der Waals surface area contributed by atoms with Gasteiger partial charge in [0.15, 0.2) is 0 Å². The topological polar surface area (TPSA) is 64.0 Å². The molecule has 3 rings (SSSR count). The van der Waals surface area contributed by atoms with Crippen LogP contribution in [0.1, 0.15) is 5.56 Å². The first-order valence-electron chi connectivity index (χ1n) is 7.71. The summed E-state index contributed by atoms with van der Waals surface area (Å²) in [5.41, 5.74) is 2.20. The highest BCUT2D eigenvalue weighted by Gasteiger charge is 2.09. The van der Waals surface area contributed by atoms with E-state index in [1.54, 1.807) is 6.07 Å². The summed E-state index contributed by atoms with van der Waals surface area (Å²) < 4.78 is 14.7. The Kier molecular flexibility index (Phi) is 4.70. The van der Waals surface area contributed by atoms with Gasteiger partial charge in [0.2, 0.25) is 5.91 Å². The molecule has 0 atom stereocenters. The van der Waals surface area contributed by atoms with Crippen molar-refractivity contribution < 1.29 is 9.18 Å². The van der Waals surface area contributed by atoms with Crippen molar-refractivity contribution in [2.45, 2.75) is 13.5 Å². The Labute approximate surface area is 143 Å². The predicted molar refractivity (Wildman–Crippen MR) is 93.7 cm³/mol. The molecule has 0 spiro atoms. The molecule has 0 radical (unpaired) electrons. The van der Waals surface area contributed by atoms with Crippen molar-refractivity contribution in [2.24, 2.45) is 0 Å². The van der Waals surface area contributed by atoms with E-state index in [0.29, 0.717) is 5.69 Å². The molecule has 1 heterocycles. The molecule has 126 valence electrons. The number of anilines is 1. The zero-order valence-corrected chi connectivity index (χ0v) is 13.6. The number of hydrogen-bond donors (Lipinski definition) is 1. The van der Waals surface area contributed by atoms with Crippen LogP contribution < -0.4 is 10.9 Å². The number of nitrogens with zero attached hydrogens (tertiary/aromatic N) is 2. The average Bonchev–Trinajstić information content (AvgIpc) is 2.59. The number of benzene rings is 2. The van der Waals surface area contributed by atoms with Gasteiger partial charge in [-0.25, -0.2) is 9.37 Å². The molecule has 0 saturated carbocycles. The van der Waals surface area contributed by atoms with E-state index in [9.17, 15) is 14.0 Å². The fourth-order valence-electron chi connectivity index (χ4n) is 2.33. The number of aryl methyl sites for hydroxylation is 1. The number of para-hydroxylation sites is 1. The molecule has 0 aliphatic carbocycles. The van der Waals surface area contributed by atoms with Crippen LogP contribution in [0, 0.1) is 12.7 Å².